The lowest BCUT2D eigenvalue weighted by atomic mass is 10.3. The number of alkyl halides is 3. The number of nitrogens with zero attached hydrogens (tertiary/aromatic N) is 1. The molecule has 1 aromatic carbocycles. The maximum absolute atomic E-state index is 12.7. The van der Waals surface area contributed by atoms with Crippen LogP contribution in [-0.2, 0) is 24.3 Å². The van der Waals surface area contributed by atoms with E-state index in [9.17, 15) is 26.4 Å². The molecule has 1 aromatic rings. The number of ether oxygens (including phenoxy) is 2. The van der Waals surface area contributed by atoms with Gasteiger partial charge in [-0.25, -0.2) is 8.42 Å². The molecular formula is C16H21F3N2O5S. The fourth-order valence-corrected chi connectivity index (χ4v) is 4.23. The summed E-state index contributed by atoms with van der Waals surface area (Å²) in [6.07, 6.45) is -4.96. The van der Waals surface area contributed by atoms with Gasteiger partial charge in [0, 0.05) is 18.8 Å². The lowest BCUT2D eigenvalue weighted by molar-refractivity contribution is -0.174. The first kappa shape index (κ1) is 21.6. The average Bonchev–Trinajstić information content (AvgIpc) is 2.53. The van der Waals surface area contributed by atoms with Crippen LogP contribution in [0.1, 0.15) is 13.8 Å². The van der Waals surface area contributed by atoms with Crippen molar-refractivity contribution in [2.75, 3.05) is 31.6 Å². The van der Waals surface area contributed by atoms with E-state index in [1.54, 1.807) is 13.8 Å². The summed E-state index contributed by atoms with van der Waals surface area (Å²) in [5.41, 5.74) is 0.248. The Hall–Kier alpha value is -1.69. The zero-order chi connectivity index (χ0) is 20.2. The molecule has 0 saturated carbocycles. The number of hydrogen-bond acceptors (Lipinski definition) is 5. The highest BCUT2D eigenvalue weighted by molar-refractivity contribution is 7.89. The van der Waals surface area contributed by atoms with Gasteiger partial charge >= 0.3 is 6.18 Å². The molecule has 0 radical (unpaired) electrons. The zero-order valence-electron chi connectivity index (χ0n) is 14.8. The van der Waals surface area contributed by atoms with Crippen molar-refractivity contribution in [1.29, 1.82) is 0 Å². The second-order valence-corrected chi connectivity index (χ2v) is 8.20. The fourth-order valence-electron chi connectivity index (χ4n) is 2.64. The molecule has 1 heterocycles. The lowest BCUT2D eigenvalue weighted by Gasteiger charge is -2.34. The molecule has 0 aliphatic carbocycles. The summed E-state index contributed by atoms with van der Waals surface area (Å²) in [4.78, 5) is 11.6. The summed E-state index contributed by atoms with van der Waals surface area (Å²) in [7, 11) is -3.71. The Morgan fingerprint density at radius 3 is 2.30 bits per heavy atom. The molecule has 2 rings (SSSR count). The molecule has 0 unspecified atom stereocenters. The molecule has 1 fully saturated rings. The third-order valence-electron chi connectivity index (χ3n) is 3.66. The number of amides is 1. The smallest absolute Gasteiger partial charge is 0.373 e. The minimum absolute atomic E-state index is 0.0510. The van der Waals surface area contributed by atoms with Crippen LogP contribution in [0.25, 0.3) is 0 Å². The standard InChI is InChI=1S/C16H21F3N2O5S/c1-11-7-21(8-12(2)26-11)27(23,24)14-5-3-13(4-6-14)20-15(22)9-25-10-16(17,18)19/h3-6,11-12H,7-10H2,1-2H3,(H,20,22)/t11-,12-/m0/s1. The van der Waals surface area contributed by atoms with Gasteiger partial charge in [-0.1, -0.05) is 0 Å². The van der Waals surface area contributed by atoms with Crippen LogP contribution in [0.15, 0.2) is 29.2 Å². The number of benzene rings is 1. The fraction of sp³-hybridized carbons (Fsp3) is 0.562. The maximum atomic E-state index is 12.7. The van der Waals surface area contributed by atoms with Crippen LogP contribution in [0.2, 0.25) is 0 Å². The minimum Gasteiger partial charge on any atom is -0.373 e. The first-order valence-electron chi connectivity index (χ1n) is 8.17. The second kappa shape index (κ2) is 8.55. The minimum atomic E-state index is -4.51. The predicted octanol–water partition coefficient (Wildman–Crippen LogP) is 2.00. The molecule has 7 nitrogen and oxygen atoms in total. The summed E-state index contributed by atoms with van der Waals surface area (Å²) < 4.78 is 72.4. The van der Waals surface area contributed by atoms with E-state index in [1.165, 1.54) is 28.6 Å². The highest BCUT2D eigenvalue weighted by Crippen LogP contribution is 2.22. The van der Waals surface area contributed by atoms with Crippen molar-refractivity contribution in [2.45, 2.75) is 37.1 Å². The van der Waals surface area contributed by atoms with Crippen molar-refractivity contribution < 1.29 is 35.9 Å². The van der Waals surface area contributed by atoms with Gasteiger partial charge in [-0.05, 0) is 38.1 Å². The van der Waals surface area contributed by atoms with Gasteiger partial charge in [-0.3, -0.25) is 4.79 Å². The number of carbonyl (C=O) groups is 1. The molecule has 1 saturated heterocycles. The Kier molecular flexibility index (Phi) is 6.84. The quantitative estimate of drug-likeness (QED) is 0.776. The summed E-state index contributed by atoms with van der Waals surface area (Å²) in [5, 5.41) is 2.34. The zero-order valence-corrected chi connectivity index (χ0v) is 15.6. The van der Waals surface area contributed by atoms with E-state index < -0.39 is 35.3 Å². The molecule has 1 aliphatic heterocycles. The lowest BCUT2D eigenvalue weighted by Crippen LogP contribution is -2.48. The number of hydrogen-bond donors (Lipinski definition) is 1. The number of halogens is 3. The first-order valence-corrected chi connectivity index (χ1v) is 9.61. The Labute approximate surface area is 155 Å². The molecule has 1 N–H and O–H groups in total. The number of morpholine rings is 1. The maximum Gasteiger partial charge on any atom is 0.411 e. The highest BCUT2D eigenvalue weighted by Gasteiger charge is 2.32. The molecule has 27 heavy (non-hydrogen) atoms. The Morgan fingerprint density at radius 2 is 1.78 bits per heavy atom. The predicted molar refractivity (Wildman–Crippen MR) is 90.7 cm³/mol. The van der Waals surface area contributed by atoms with Crippen LogP contribution in [0.3, 0.4) is 0 Å². The molecule has 11 heteroatoms. The number of nitrogens with one attached hydrogen (secondary N) is 1. The Morgan fingerprint density at radius 1 is 1.22 bits per heavy atom. The van der Waals surface area contributed by atoms with Gasteiger partial charge in [-0.15, -0.1) is 0 Å². The third-order valence-corrected chi connectivity index (χ3v) is 5.51. The largest absolute Gasteiger partial charge is 0.411 e. The van der Waals surface area contributed by atoms with E-state index in [0.717, 1.165) is 0 Å². The van der Waals surface area contributed by atoms with Crippen LogP contribution in [-0.4, -0.2) is 63.3 Å². The van der Waals surface area contributed by atoms with E-state index in [-0.39, 0.29) is 35.9 Å². The second-order valence-electron chi connectivity index (χ2n) is 6.26. The van der Waals surface area contributed by atoms with Crippen LogP contribution < -0.4 is 5.32 Å². The molecule has 0 aromatic heterocycles. The summed E-state index contributed by atoms with van der Waals surface area (Å²) in [6, 6.07) is 5.38. The number of rotatable bonds is 6. The van der Waals surface area contributed by atoms with E-state index in [2.05, 4.69) is 10.1 Å². The van der Waals surface area contributed by atoms with E-state index in [4.69, 9.17) is 4.74 Å². The van der Waals surface area contributed by atoms with Crippen molar-refractivity contribution in [3.8, 4) is 0 Å². The molecular weight excluding hydrogens is 389 g/mol. The molecule has 152 valence electrons. The van der Waals surface area contributed by atoms with Gasteiger partial charge in [0.15, 0.2) is 0 Å². The van der Waals surface area contributed by atoms with Crippen molar-refractivity contribution >= 4 is 21.6 Å². The topological polar surface area (TPSA) is 84.9 Å². The SMILES string of the molecule is C[C@H]1CN(S(=O)(=O)c2ccc(NC(=O)COCC(F)(F)F)cc2)C[C@H](C)O1. The van der Waals surface area contributed by atoms with E-state index in [1.807, 2.05) is 0 Å². The first-order chi connectivity index (χ1) is 12.5. The van der Waals surface area contributed by atoms with Crippen LogP contribution >= 0.6 is 0 Å². The van der Waals surface area contributed by atoms with Gasteiger partial charge in [0.2, 0.25) is 15.9 Å². The molecule has 0 bridgehead atoms. The van der Waals surface area contributed by atoms with Crippen LogP contribution in [0.5, 0.6) is 0 Å². The third kappa shape index (κ3) is 6.45. The monoisotopic (exact) mass is 410 g/mol. The van der Waals surface area contributed by atoms with E-state index in [0.29, 0.717) is 0 Å². The van der Waals surface area contributed by atoms with Gasteiger partial charge in [-0.2, -0.15) is 17.5 Å². The average molecular weight is 410 g/mol. The summed E-state index contributed by atoms with van der Waals surface area (Å²) in [5.74, 6) is -0.773. The number of carbonyl (C=O) groups excluding carboxylic acids is 1. The Balaban J connectivity index is 1.97. The molecule has 0 spiro atoms. The van der Waals surface area contributed by atoms with Crippen LogP contribution in [0, 0.1) is 0 Å². The van der Waals surface area contributed by atoms with Crippen LogP contribution in [0.4, 0.5) is 18.9 Å². The van der Waals surface area contributed by atoms with Crippen molar-refractivity contribution in [3.05, 3.63) is 24.3 Å². The van der Waals surface area contributed by atoms with Gasteiger partial charge in [0.05, 0.1) is 17.1 Å². The van der Waals surface area contributed by atoms with Gasteiger partial charge < -0.3 is 14.8 Å². The van der Waals surface area contributed by atoms with Gasteiger partial charge in [0.1, 0.15) is 13.2 Å². The highest BCUT2D eigenvalue weighted by atomic mass is 32.2. The Bertz CT molecular complexity index is 742. The van der Waals surface area contributed by atoms with Crippen molar-refractivity contribution in [3.63, 3.8) is 0 Å². The normalized spacial score (nSPS) is 21.8. The molecule has 2 atom stereocenters. The van der Waals surface area contributed by atoms with E-state index >= 15 is 0 Å². The van der Waals surface area contributed by atoms with Crippen molar-refractivity contribution in [2.24, 2.45) is 0 Å². The number of anilines is 1. The summed E-state index contributed by atoms with van der Waals surface area (Å²) in [6.45, 7) is 1.77. The van der Waals surface area contributed by atoms with Crippen molar-refractivity contribution in [1.82, 2.24) is 4.31 Å². The molecule has 1 amide bonds. The summed E-state index contributed by atoms with van der Waals surface area (Å²) >= 11 is 0. The van der Waals surface area contributed by atoms with Gasteiger partial charge in [0.25, 0.3) is 0 Å². The number of sulfonamides is 1. The molecule has 1 aliphatic rings.